The van der Waals surface area contributed by atoms with Crippen molar-refractivity contribution >= 4 is 28.1 Å². The van der Waals surface area contributed by atoms with Gasteiger partial charge in [0.2, 0.25) is 0 Å². The Morgan fingerprint density at radius 1 is 1.09 bits per heavy atom. The highest BCUT2D eigenvalue weighted by molar-refractivity contribution is 7.98. The van der Waals surface area contributed by atoms with Gasteiger partial charge in [-0.1, -0.05) is 62.7 Å². The molecule has 0 N–H and O–H groups in total. The maximum atomic E-state index is 12.8. The molecule has 0 unspecified atom stereocenters. The van der Waals surface area contributed by atoms with Crippen molar-refractivity contribution in [3.05, 3.63) is 65.6 Å². The summed E-state index contributed by atoms with van der Waals surface area (Å²) < 4.78 is 31.8. The predicted octanol–water partition coefficient (Wildman–Crippen LogP) is 5.50. The second-order valence-corrected chi connectivity index (χ2v) is 10.8. The molecular weight excluding hydrogens is 464 g/mol. The van der Waals surface area contributed by atoms with Crippen LogP contribution in [0.5, 0.6) is 0 Å². The second kappa shape index (κ2) is 11.7. The van der Waals surface area contributed by atoms with Crippen molar-refractivity contribution in [3.8, 4) is 11.1 Å². The molecule has 0 bridgehead atoms. The van der Waals surface area contributed by atoms with E-state index < -0.39 is 10.0 Å². The minimum atomic E-state index is -3.80. The zero-order valence-corrected chi connectivity index (χ0v) is 22.3. The average molecular weight is 499 g/mol. The lowest BCUT2D eigenvalue weighted by Crippen LogP contribution is -2.10. The summed E-state index contributed by atoms with van der Waals surface area (Å²) in [6.07, 6.45) is 7.56. The van der Waals surface area contributed by atoms with Crippen molar-refractivity contribution in [2.45, 2.75) is 56.0 Å². The van der Waals surface area contributed by atoms with E-state index in [-0.39, 0.29) is 4.90 Å². The van der Waals surface area contributed by atoms with Crippen LogP contribution in [-0.4, -0.2) is 49.6 Å². The number of aryl methyl sites for hydroxylation is 1. The van der Waals surface area contributed by atoms with Crippen LogP contribution in [0.4, 0.5) is 0 Å². The zero-order chi connectivity index (χ0) is 24.7. The first-order valence-corrected chi connectivity index (χ1v) is 14.2. The number of benzene rings is 2. The summed E-state index contributed by atoms with van der Waals surface area (Å²) in [7, 11) is -0.324. The van der Waals surface area contributed by atoms with Gasteiger partial charge >= 0.3 is 0 Å². The molecule has 0 amide bonds. The molecular formula is C26H34N4O2S2. The van der Waals surface area contributed by atoms with Crippen LogP contribution in [0.1, 0.15) is 43.8 Å². The van der Waals surface area contributed by atoms with E-state index in [9.17, 15) is 8.42 Å². The summed E-state index contributed by atoms with van der Waals surface area (Å²) in [5, 5.41) is 1.11. The van der Waals surface area contributed by atoms with E-state index in [1.165, 1.54) is 12.0 Å². The molecule has 3 aromatic rings. The molecule has 34 heavy (non-hydrogen) atoms. The topological polar surface area (TPSA) is 67.6 Å². The van der Waals surface area contributed by atoms with Crippen LogP contribution in [0.25, 0.3) is 11.1 Å². The van der Waals surface area contributed by atoms with Crippen molar-refractivity contribution in [1.29, 1.82) is 0 Å². The third-order valence-electron chi connectivity index (χ3n) is 5.58. The Hall–Kier alpha value is -2.58. The smallest absolute Gasteiger partial charge is 0.284 e. The van der Waals surface area contributed by atoms with E-state index >= 15 is 0 Å². The number of imidazole rings is 1. The van der Waals surface area contributed by atoms with E-state index in [2.05, 4.69) is 41.2 Å². The van der Waals surface area contributed by atoms with Crippen LogP contribution >= 0.6 is 11.8 Å². The van der Waals surface area contributed by atoms with Gasteiger partial charge in [-0.05, 0) is 36.3 Å². The molecule has 182 valence electrons. The summed E-state index contributed by atoms with van der Waals surface area (Å²) in [4.78, 5) is 6.72. The Labute approximate surface area is 208 Å². The van der Waals surface area contributed by atoms with Crippen molar-refractivity contribution in [2.24, 2.45) is 4.40 Å². The average Bonchev–Trinajstić information content (AvgIpc) is 3.18. The van der Waals surface area contributed by atoms with Gasteiger partial charge < -0.3 is 9.47 Å². The number of thioether (sulfide) groups is 1. The number of sulfonamides is 1. The summed E-state index contributed by atoms with van der Waals surface area (Å²) in [6.45, 7) is 5.13. The van der Waals surface area contributed by atoms with Gasteiger partial charge in [0, 0.05) is 32.6 Å². The molecule has 0 atom stereocenters. The predicted molar refractivity (Wildman–Crippen MR) is 142 cm³/mol. The molecule has 0 radical (unpaired) electrons. The van der Waals surface area contributed by atoms with Crippen molar-refractivity contribution in [3.63, 3.8) is 0 Å². The normalized spacial score (nSPS) is 11.9. The van der Waals surface area contributed by atoms with Gasteiger partial charge in [0.05, 0.1) is 10.6 Å². The van der Waals surface area contributed by atoms with E-state index in [0.717, 1.165) is 54.2 Å². The third kappa shape index (κ3) is 6.10. The number of hydrogen-bond donors (Lipinski definition) is 0. The Bertz CT molecular complexity index is 1230. The molecule has 0 saturated carbocycles. The summed E-state index contributed by atoms with van der Waals surface area (Å²) in [5.41, 5.74) is 3.93. The minimum absolute atomic E-state index is 0.204. The number of nitrogens with zero attached hydrogens (tertiary/aromatic N) is 4. The minimum Gasteiger partial charge on any atom is -0.368 e. The molecule has 6 nitrogen and oxygen atoms in total. The maximum Gasteiger partial charge on any atom is 0.284 e. The third-order valence-corrected chi connectivity index (χ3v) is 7.58. The first-order valence-electron chi connectivity index (χ1n) is 11.6. The number of rotatable bonds is 11. The first-order chi connectivity index (χ1) is 16.3. The highest BCUT2D eigenvalue weighted by Gasteiger charge is 2.19. The molecule has 0 fully saturated rings. The lowest BCUT2D eigenvalue weighted by Gasteiger charge is -2.13. The first kappa shape index (κ1) is 26.0. The fourth-order valence-electron chi connectivity index (χ4n) is 3.85. The number of hydrogen-bond acceptors (Lipinski definition) is 4. The van der Waals surface area contributed by atoms with Gasteiger partial charge in [-0.2, -0.15) is 8.42 Å². The molecule has 0 saturated heterocycles. The summed E-state index contributed by atoms with van der Waals surface area (Å²) in [5.74, 6) is 1.14. The van der Waals surface area contributed by atoms with Crippen molar-refractivity contribution < 1.29 is 8.42 Å². The molecule has 0 aliphatic heterocycles. The van der Waals surface area contributed by atoms with Gasteiger partial charge in [0.1, 0.15) is 17.2 Å². The summed E-state index contributed by atoms with van der Waals surface area (Å²) in [6, 6.07) is 15.1. The zero-order valence-electron chi connectivity index (χ0n) is 20.7. The fourth-order valence-corrected chi connectivity index (χ4v) is 5.67. The Morgan fingerprint density at radius 3 is 2.41 bits per heavy atom. The monoisotopic (exact) mass is 498 g/mol. The van der Waals surface area contributed by atoms with Crippen molar-refractivity contribution in [2.75, 3.05) is 20.4 Å². The summed E-state index contributed by atoms with van der Waals surface area (Å²) >= 11 is 1.70. The van der Waals surface area contributed by atoms with Crippen LogP contribution in [0, 0.1) is 0 Å². The standard InChI is InChI=1S/C26H34N4O2S2/c1-6-8-13-25-28-26(33-5)23(7-2)30(25)18-20-14-16-21(17-15-20)22-11-9-10-12-24(22)34(31,32)27-19-29(3)4/h9-12,14-17,19H,6-8,13,18H2,1-5H3. The van der Waals surface area contributed by atoms with E-state index in [1.54, 1.807) is 42.9 Å². The Morgan fingerprint density at radius 2 is 1.79 bits per heavy atom. The largest absolute Gasteiger partial charge is 0.368 e. The lowest BCUT2D eigenvalue weighted by molar-refractivity contribution is 0.595. The number of aromatic nitrogens is 2. The molecule has 0 aliphatic carbocycles. The molecule has 8 heteroatoms. The van der Waals surface area contributed by atoms with Crippen LogP contribution < -0.4 is 0 Å². The van der Waals surface area contributed by atoms with Crippen LogP contribution in [-0.2, 0) is 29.4 Å². The van der Waals surface area contributed by atoms with E-state index in [0.29, 0.717) is 5.56 Å². The highest BCUT2D eigenvalue weighted by atomic mass is 32.2. The second-order valence-electron chi connectivity index (χ2n) is 8.38. The van der Waals surface area contributed by atoms with Gasteiger partial charge in [0.25, 0.3) is 10.0 Å². The highest BCUT2D eigenvalue weighted by Crippen LogP contribution is 2.29. The van der Waals surface area contributed by atoms with Gasteiger partial charge in [-0.15, -0.1) is 16.2 Å². The molecule has 1 aromatic heterocycles. The SMILES string of the molecule is CCCCc1nc(SC)c(CC)n1Cc1ccc(-c2ccccc2S(=O)(=O)N=CN(C)C)cc1. The van der Waals surface area contributed by atoms with Gasteiger partial charge in [0.15, 0.2) is 0 Å². The van der Waals surface area contributed by atoms with Crippen molar-refractivity contribution in [1.82, 2.24) is 14.5 Å². The van der Waals surface area contributed by atoms with E-state index in [1.807, 2.05) is 24.3 Å². The van der Waals surface area contributed by atoms with E-state index in [4.69, 9.17) is 4.98 Å². The molecule has 2 aromatic carbocycles. The Balaban J connectivity index is 1.93. The van der Waals surface area contributed by atoms with Gasteiger partial charge in [-0.3, -0.25) is 0 Å². The quantitative estimate of drug-likeness (QED) is 0.198. The molecule has 0 aliphatic rings. The molecule has 1 heterocycles. The lowest BCUT2D eigenvalue weighted by atomic mass is 10.0. The fraction of sp³-hybridized carbons (Fsp3) is 0.385. The van der Waals surface area contributed by atoms with Crippen LogP contribution in [0.2, 0.25) is 0 Å². The molecule has 0 spiro atoms. The van der Waals surface area contributed by atoms with Crippen LogP contribution in [0.3, 0.4) is 0 Å². The van der Waals surface area contributed by atoms with Crippen LogP contribution in [0.15, 0.2) is 62.9 Å². The van der Waals surface area contributed by atoms with Gasteiger partial charge in [-0.25, -0.2) is 4.98 Å². The maximum absolute atomic E-state index is 12.8. The molecule has 3 rings (SSSR count). The Kier molecular flexibility index (Phi) is 8.97. The number of unbranched alkanes of at least 4 members (excludes halogenated alkanes) is 1.